The van der Waals surface area contributed by atoms with Crippen LogP contribution in [0, 0.1) is 31.6 Å². The molecule has 8 heteroatoms. The minimum absolute atomic E-state index is 0.0311. The van der Waals surface area contributed by atoms with Gasteiger partial charge in [0.05, 0.1) is 29.2 Å². The predicted molar refractivity (Wildman–Crippen MR) is 144 cm³/mol. The van der Waals surface area contributed by atoms with Crippen LogP contribution in [0.2, 0.25) is 0 Å². The average Bonchev–Trinajstić information content (AvgIpc) is 3.12. The fourth-order valence-corrected chi connectivity index (χ4v) is 8.83. The summed E-state index contributed by atoms with van der Waals surface area (Å²) in [5.74, 6) is -2.36. The Labute approximate surface area is 222 Å². The molecule has 7 nitrogen and oxygen atoms in total. The normalized spacial score (nSPS) is 34.4. The summed E-state index contributed by atoms with van der Waals surface area (Å²) in [6, 6.07) is 4.63. The number of carbonyl (C=O) groups is 3. The molecule has 1 aromatic carbocycles. The maximum absolute atomic E-state index is 14.6. The number of benzene rings is 1. The number of hydrogen-bond acceptors (Lipinski definition) is 6. The average molecular weight is 525 g/mol. The highest BCUT2D eigenvalue weighted by molar-refractivity contribution is 8.02. The molecule has 2 fully saturated rings. The quantitative estimate of drug-likeness (QED) is 0.469. The number of anilines is 1. The molecule has 37 heavy (non-hydrogen) atoms. The molecule has 4 heterocycles. The molecule has 7 atom stereocenters. The largest absolute Gasteiger partial charge is 0.461 e. The number of rotatable bonds is 5. The Hall–Kier alpha value is -2.58. The van der Waals surface area contributed by atoms with Gasteiger partial charge in [0.1, 0.15) is 12.6 Å². The number of aliphatic hydroxyl groups excluding tert-OH is 1. The van der Waals surface area contributed by atoms with Gasteiger partial charge in [-0.15, -0.1) is 11.8 Å². The molecule has 0 saturated carbocycles. The number of aliphatic hydroxyl groups is 1. The third-order valence-corrected chi connectivity index (χ3v) is 10.5. The van der Waals surface area contributed by atoms with Crippen molar-refractivity contribution >= 4 is 35.2 Å². The first-order valence-electron chi connectivity index (χ1n) is 13.1. The van der Waals surface area contributed by atoms with E-state index in [0.29, 0.717) is 6.54 Å². The summed E-state index contributed by atoms with van der Waals surface area (Å²) < 4.78 is 3.86. The van der Waals surface area contributed by atoms with Crippen molar-refractivity contribution in [1.29, 1.82) is 0 Å². The highest BCUT2D eigenvalue weighted by Gasteiger charge is 2.74. The number of hydrogen-bond donors (Lipinski definition) is 1. The van der Waals surface area contributed by atoms with E-state index in [0.717, 1.165) is 23.2 Å². The molecular formula is C29H36N2O5S. The SMILES string of the molecule is CC[C@H](C)[C@H](CO)N1C(=O)[C@@H]2[C@H]3C(=O)OCC=C[C@@]3(C)S[C@@]23C=CCN(c2cc(C)ccc2C)C(=O)C13. The second kappa shape index (κ2) is 9.31. The summed E-state index contributed by atoms with van der Waals surface area (Å²) in [6.45, 7) is 10.2. The number of likely N-dealkylation sites (tertiary alicyclic amines) is 1. The standard InChI is InChI=1S/C29H36N2O5S/c1-6-18(3)21(16-32)31-24-26(34)30(20-15-17(2)9-10-19(20)4)13-7-12-29(24)22(25(31)33)23-27(35)36-14-8-11-28(23,5)37-29/h7-12,15,18,21-24,32H,6,13-14,16H2,1-5H3/t18-,21-,22-,23-,24?,28+,29-/m0/s1. The Bertz CT molecular complexity index is 1200. The van der Waals surface area contributed by atoms with Crippen LogP contribution < -0.4 is 4.90 Å². The number of amides is 2. The summed E-state index contributed by atoms with van der Waals surface area (Å²) >= 11 is 1.53. The van der Waals surface area contributed by atoms with Gasteiger partial charge >= 0.3 is 5.97 Å². The molecule has 2 amide bonds. The van der Waals surface area contributed by atoms with E-state index in [2.05, 4.69) is 0 Å². The van der Waals surface area contributed by atoms with Crippen molar-refractivity contribution in [2.75, 3.05) is 24.7 Å². The summed E-state index contributed by atoms with van der Waals surface area (Å²) in [4.78, 5) is 45.8. The number of ether oxygens (including phenoxy) is 1. The molecule has 0 aliphatic carbocycles. The lowest BCUT2D eigenvalue weighted by Crippen LogP contribution is -2.58. The summed E-state index contributed by atoms with van der Waals surface area (Å²) in [7, 11) is 0. The highest BCUT2D eigenvalue weighted by Crippen LogP contribution is 2.66. The van der Waals surface area contributed by atoms with Gasteiger partial charge in [0.15, 0.2) is 0 Å². The van der Waals surface area contributed by atoms with Crippen LogP contribution in [0.5, 0.6) is 0 Å². The maximum Gasteiger partial charge on any atom is 0.311 e. The van der Waals surface area contributed by atoms with Crippen LogP contribution in [0.15, 0.2) is 42.5 Å². The lowest BCUT2D eigenvalue weighted by atomic mass is 9.75. The number of aryl methyl sites for hydroxylation is 2. The summed E-state index contributed by atoms with van der Waals surface area (Å²) in [6.07, 6.45) is 8.51. The third kappa shape index (κ3) is 3.78. The zero-order valence-corrected chi connectivity index (χ0v) is 23.0. The van der Waals surface area contributed by atoms with E-state index in [1.54, 1.807) is 9.80 Å². The van der Waals surface area contributed by atoms with E-state index < -0.39 is 39.4 Å². The van der Waals surface area contributed by atoms with Crippen LogP contribution in [0.25, 0.3) is 0 Å². The van der Waals surface area contributed by atoms with E-state index in [4.69, 9.17) is 4.74 Å². The van der Waals surface area contributed by atoms with Crippen molar-refractivity contribution in [3.63, 3.8) is 0 Å². The Kier molecular flexibility index (Phi) is 6.55. The zero-order chi connectivity index (χ0) is 26.7. The first-order chi connectivity index (χ1) is 17.6. The summed E-state index contributed by atoms with van der Waals surface area (Å²) in [5.41, 5.74) is 2.83. The Morgan fingerprint density at radius 2 is 1.89 bits per heavy atom. The molecule has 0 aromatic heterocycles. The van der Waals surface area contributed by atoms with Gasteiger partial charge in [-0.25, -0.2) is 0 Å². The number of thioether (sulfide) groups is 1. The second-order valence-corrected chi connectivity index (χ2v) is 12.8. The minimum atomic E-state index is -0.957. The molecule has 4 aliphatic rings. The van der Waals surface area contributed by atoms with Crippen molar-refractivity contribution in [3.05, 3.63) is 53.6 Å². The van der Waals surface area contributed by atoms with Crippen LogP contribution >= 0.6 is 11.8 Å². The number of nitrogens with zero attached hydrogens (tertiary/aromatic N) is 2. The van der Waals surface area contributed by atoms with E-state index in [1.165, 1.54) is 11.8 Å². The van der Waals surface area contributed by atoms with Gasteiger partial charge in [-0.3, -0.25) is 14.4 Å². The molecular weight excluding hydrogens is 488 g/mol. The third-order valence-electron chi connectivity index (χ3n) is 8.75. The number of cyclic esters (lactones) is 1. The van der Waals surface area contributed by atoms with Gasteiger partial charge in [0.25, 0.3) is 5.91 Å². The number of carbonyl (C=O) groups excluding carboxylic acids is 3. The van der Waals surface area contributed by atoms with Gasteiger partial charge in [0, 0.05) is 17.0 Å². The lowest BCUT2D eigenvalue weighted by Gasteiger charge is -2.41. The summed E-state index contributed by atoms with van der Waals surface area (Å²) in [5, 5.41) is 10.5. The van der Waals surface area contributed by atoms with Gasteiger partial charge < -0.3 is 19.6 Å². The van der Waals surface area contributed by atoms with Gasteiger partial charge in [-0.05, 0) is 50.0 Å². The molecule has 5 rings (SSSR count). The molecule has 2 saturated heterocycles. The van der Waals surface area contributed by atoms with Crippen LogP contribution in [0.3, 0.4) is 0 Å². The van der Waals surface area contributed by atoms with Gasteiger partial charge in [-0.1, -0.05) is 50.6 Å². The molecule has 0 bridgehead atoms. The fraction of sp³-hybridized carbons (Fsp3) is 0.552. The van der Waals surface area contributed by atoms with Crippen molar-refractivity contribution in [3.8, 4) is 0 Å². The molecule has 1 spiro atoms. The Morgan fingerprint density at radius 3 is 2.59 bits per heavy atom. The van der Waals surface area contributed by atoms with Crippen molar-refractivity contribution < 1.29 is 24.2 Å². The molecule has 0 radical (unpaired) electrons. The number of fused-ring (bicyclic) bond motifs is 2. The highest BCUT2D eigenvalue weighted by atomic mass is 32.2. The maximum atomic E-state index is 14.6. The van der Waals surface area contributed by atoms with E-state index in [-0.39, 0.29) is 30.9 Å². The van der Waals surface area contributed by atoms with E-state index in [1.807, 2.05) is 77.1 Å². The molecule has 1 unspecified atom stereocenters. The van der Waals surface area contributed by atoms with Crippen LogP contribution in [-0.2, 0) is 19.1 Å². The molecule has 1 aromatic rings. The predicted octanol–water partition coefficient (Wildman–Crippen LogP) is 3.41. The fourth-order valence-electron chi connectivity index (χ4n) is 6.69. The molecule has 4 aliphatic heterocycles. The lowest BCUT2D eigenvalue weighted by molar-refractivity contribution is -0.153. The van der Waals surface area contributed by atoms with Crippen LogP contribution in [-0.4, -0.2) is 69.1 Å². The van der Waals surface area contributed by atoms with Crippen molar-refractivity contribution in [1.82, 2.24) is 4.90 Å². The zero-order valence-electron chi connectivity index (χ0n) is 22.1. The van der Waals surface area contributed by atoms with Crippen LogP contribution in [0.4, 0.5) is 5.69 Å². The monoisotopic (exact) mass is 524 g/mol. The van der Waals surface area contributed by atoms with Crippen molar-refractivity contribution in [2.45, 2.75) is 62.6 Å². The van der Waals surface area contributed by atoms with Crippen molar-refractivity contribution in [2.24, 2.45) is 17.8 Å². The first kappa shape index (κ1) is 26.0. The molecule has 1 N–H and O–H groups in total. The Morgan fingerprint density at radius 1 is 1.14 bits per heavy atom. The minimum Gasteiger partial charge on any atom is -0.461 e. The van der Waals surface area contributed by atoms with Crippen LogP contribution in [0.1, 0.15) is 38.3 Å². The number of esters is 1. The Balaban J connectivity index is 1.71. The van der Waals surface area contributed by atoms with Gasteiger partial charge in [-0.2, -0.15) is 0 Å². The second-order valence-electron chi connectivity index (χ2n) is 11.1. The van der Waals surface area contributed by atoms with E-state index in [9.17, 15) is 19.5 Å². The van der Waals surface area contributed by atoms with E-state index >= 15 is 0 Å². The first-order valence-corrected chi connectivity index (χ1v) is 13.9. The topological polar surface area (TPSA) is 87.2 Å². The van der Waals surface area contributed by atoms with Gasteiger partial charge in [0.2, 0.25) is 5.91 Å². The smallest absolute Gasteiger partial charge is 0.311 e. The molecule has 198 valence electrons.